The predicted molar refractivity (Wildman–Crippen MR) is 98.8 cm³/mol. The number of amidine groups is 1. The van der Waals surface area contributed by atoms with E-state index in [1.807, 2.05) is 16.8 Å². The van der Waals surface area contributed by atoms with Crippen LogP contribution < -0.4 is 5.32 Å². The van der Waals surface area contributed by atoms with Crippen molar-refractivity contribution in [1.82, 2.24) is 10.3 Å². The molecule has 2 fully saturated rings. The third-order valence-corrected chi connectivity index (χ3v) is 6.36. The molecule has 4 rings (SSSR count). The van der Waals surface area contributed by atoms with Crippen molar-refractivity contribution in [2.24, 2.45) is 4.99 Å². The van der Waals surface area contributed by atoms with Gasteiger partial charge in [-0.05, 0) is 42.1 Å². The fourth-order valence-corrected chi connectivity index (χ4v) is 5.06. The summed E-state index contributed by atoms with van der Waals surface area (Å²) < 4.78 is 0. The molecule has 2 aromatic heterocycles. The second-order valence-electron chi connectivity index (χ2n) is 5.53. The lowest BCUT2D eigenvalue weighted by Crippen LogP contribution is -2.21. The molecule has 1 saturated heterocycles. The zero-order valence-corrected chi connectivity index (χ0v) is 14.8. The van der Waals surface area contributed by atoms with Gasteiger partial charge in [0.15, 0.2) is 5.17 Å². The molecule has 0 spiro atoms. The number of aliphatic imine (C=N–C) groups is 1. The van der Waals surface area contributed by atoms with E-state index in [2.05, 4.69) is 26.7 Å². The lowest BCUT2D eigenvalue weighted by Gasteiger charge is -2.02. The maximum Gasteiger partial charge on any atom is 0.264 e. The van der Waals surface area contributed by atoms with E-state index in [4.69, 9.17) is 0 Å². The SMILES string of the molecule is O=C1NC(=NC2CCCC2)S/C1=C/c1csc(-c2ccsc2)n1. The Kier molecular flexibility index (Phi) is 4.33. The highest BCUT2D eigenvalue weighted by Gasteiger charge is 2.26. The summed E-state index contributed by atoms with van der Waals surface area (Å²) in [6, 6.07) is 2.44. The first-order valence-corrected chi connectivity index (χ1v) is 10.2. The van der Waals surface area contributed by atoms with E-state index in [9.17, 15) is 4.79 Å². The summed E-state index contributed by atoms with van der Waals surface area (Å²) in [4.78, 5) is 22.0. The van der Waals surface area contributed by atoms with Gasteiger partial charge in [-0.1, -0.05) is 12.8 Å². The van der Waals surface area contributed by atoms with Gasteiger partial charge in [-0.3, -0.25) is 9.79 Å². The second kappa shape index (κ2) is 6.59. The summed E-state index contributed by atoms with van der Waals surface area (Å²) in [5.74, 6) is -0.0724. The first-order chi connectivity index (χ1) is 11.3. The molecule has 7 heteroatoms. The van der Waals surface area contributed by atoms with Crippen molar-refractivity contribution >= 4 is 51.6 Å². The van der Waals surface area contributed by atoms with E-state index in [1.54, 1.807) is 22.7 Å². The minimum Gasteiger partial charge on any atom is -0.301 e. The highest BCUT2D eigenvalue weighted by molar-refractivity contribution is 8.18. The number of nitrogens with zero attached hydrogens (tertiary/aromatic N) is 2. The average Bonchev–Trinajstić information content (AvgIpc) is 3.29. The average molecular weight is 362 g/mol. The van der Waals surface area contributed by atoms with Crippen LogP contribution in [0, 0.1) is 0 Å². The quantitative estimate of drug-likeness (QED) is 0.826. The Morgan fingerprint density at radius 3 is 2.96 bits per heavy atom. The van der Waals surface area contributed by atoms with Crippen LogP contribution in [0.4, 0.5) is 0 Å². The van der Waals surface area contributed by atoms with Gasteiger partial charge in [0, 0.05) is 16.3 Å². The number of aromatic nitrogens is 1. The van der Waals surface area contributed by atoms with Crippen molar-refractivity contribution < 1.29 is 4.79 Å². The molecule has 0 unspecified atom stereocenters. The van der Waals surface area contributed by atoms with Crippen LogP contribution >= 0.6 is 34.4 Å². The number of hydrogen-bond donors (Lipinski definition) is 1. The number of carbonyl (C=O) groups excluding carboxylic acids is 1. The zero-order chi connectivity index (χ0) is 15.6. The fraction of sp³-hybridized carbons (Fsp3) is 0.312. The Morgan fingerprint density at radius 1 is 1.30 bits per heavy atom. The largest absolute Gasteiger partial charge is 0.301 e. The molecular formula is C16H15N3OS3. The minimum absolute atomic E-state index is 0.0724. The molecular weight excluding hydrogens is 346 g/mol. The molecule has 0 aromatic carbocycles. The van der Waals surface area contributed by atoms with Gasteiger partial charge >= 0.3 is 0 Å². The minimum atomic E-state index is -0.0724. The van der Waals surface area contributed by atoms with E-state index in [0.29, 0.717) is 10.9 Å². The fourth-order valence-electron chi connectivity index (χ4n) is 2.69. The summed E-state index contributed by atoms with van der Waals surface area (Å²) in [5, 5.41) is 10.7. The topological polar surface area (TPSA) is 54.4 Å². The monoisotopic (exact) mass is 361 g/mol. The standard InChI is InChI=1S/C16H15N3OS3/c20-14-13(23-16(19-14)18-11-3-1-2-4-11)7-12-9-22-15(17-12)10-5-6-21-8-10/h5-9,11H,1-4H2,(H,18,19,20)/b13-7+. The number of thiophene rings is 1. The van der Waals surface area contributed by atoms with Gasteiger partial charge in [0.05, 0.1) is 16.6 Å². The zero-order valence-electron chi connectivity index (χ0n) is 12.3. The van der Waals surface area contributed by atoms with Gasteiger partial charge in [-0.25, -0.2) is 4.98 Å². The summed E-state index contributed by atoms with van der Waals surface area (Å²) >= 11 is 4.68. The molecule has 1 aliphatic carbocycles. The maximum absolute atomic E-state index is 12.1. The molecule has 1 saturated carbocycles. The lowest BCUT2D eigenvalue weighted by atomic mass is 10.3. The smallest absolute Gasteiger partial charge is 0.264 e. The number of carbonyl (C=O) groups is 1. The Morgan fingerprint density at radius 2 is 2.17 bits per heavy atom. The highest BCUT2D eigenvalue weighted by Crippen LogP contribution is 2.31. The van der Waals surface area contributed by atoms with Gasteiger partial charge in [0.1, 0.15) is 5.01 Å². The van der Waals surface area contributed by atoms with Crippen molar-refractivity contribution in [2.45, 2.75) is 31.7 Å². The summed E-state index contributed by atoms with van der Waals surface area (Å²) in [6.45, 7) is 0. The first kappa shape index (κ1) is 15.1. The van der Waals surface area contributed by atoms with Crippen LogP contribution in [0.25, 0.3) is 16.6 Å². The van der Waals surface area contributed by atoms with Crippen molar-refractivity contribution in [2.75, 3.05) is 0 Å². The summed E-state index contributed by atoms with van der Waals surface area (Å²) in [7, 11) is 0. The summed E-state index contributed by atoms with van der Waals surface area (Å²) in [6.07, 6.45) is 6.60. The Balaban J connectivity index is 1.51. The van der Waals surface area contributed by atoms with Crippen molar-refractivity contribution in [1.29, 1.82) is 0 Å². The molecule has 1 amide bonds. The predicted octanol–water partition coefficient (Wildman–Crippen LogP) is 4.37. The van der Waals surface area contributed by atoms with E-state index in [-0.39, 0.29) is 5.91 Å². The van der Waals surface area contributed by atoms with Gasteiger partial charge in [0.25, 0.3) is 5.91 Å². The molecule has 2 aliphatic rings. The summed E-state index contributed by atoms with van der Waals surface area (Å²) in [5.41, 5.74) is 1.97. The lowest BCUT2D eigenvalue weighted by molar-refractivity contribution is -0.115. The van der Waals surface area contributed by atoms with E-state index in [0.717, 1.165) is 34.3 Å². The highest BCUT2D eigenvalue weighted by atomic mass is 32.2. The third kappa shape index (κ3) is 3.41. The molecule has 3 heterocycles. The molecule has 2 aromatic rings. The molecule has 118 valence electrons. The molecule has 0 atom stereocenters. The molecule has 1 aliphatic heterocycles. The number of hydrogen-bond acceptors (Lipinski definition) is 6. The van der Waals surface area contributed by atoms with Crippen LogP contribution in [0.15, 0.2) is 32.1 Å². The molecule has 4 nitrogen and oxygen atoms in total. The first-order valence-electron chi connectivity index (χ1n) is 7.55. The number of rotatable bonds is 3. The van der Waals surface area contributed by atoms with E-state index in [1.165, 1.54) is 24.6 Å². The van der Waals surface area contributed by atoms with Crippen LogP contribution in [-0.2, 0) is 4.79 Å². The molecule has 23 heavy (non-hydrogen) atoms. The van der Waals surface area contributed by atoms with E-state index >= 15 is 0 Å². The van der Waals surface area contributed by atoms with Crippen LogP contribution in [-0.4, -0.2) is 22.1 Å². The molecule has 0 radical (unpaired) electrons. The van der Waals surface area contributed by atoms with Crippen LogP contribution in [0.5, 0.6) is 0 Å². The van der Waals surface area contributed by atoms with Gasteiger partial charge in [0.2, 0.25) is 0 Å². The number of amides is 1. The maximum atomic E-state index is 12.1. The van der Waals surface area contributed by atoms with Crippen molar-refractivity contribution in [3.8, 4) is 10.6 Å². The number of thioether (sulfide) groups is 1. The number of nitrogens with one attached hydrogen (secondary N) is 1. The van der Waals surface area contributed by atoms with Crippen LogP contribution in [0.2, 0.25) is 0 Å². The van der Waals surface area contributed by atoms with Crippen molar-refractivity contribution in [3.05, 3.63) is 32.8 Å². The Bertz CT molecular complexity index is 770. The molecule has 0 bridgehead atoms. The van der Waals surface area contributed by atoms with Gasteiger partial charge in [-0.2, -0.15) is 11.3 Å². The van der Waals surface area contributed by atoms with Gasteiger partial charge < -0.3 is 5.32 Å². The van der Waals surface area contributed by atoms with Crippen LogP contribution in [0.1, 0.15) is 31.4 Å². The Labute approximate surface area is 146 Å². The number of thiazole rings is 1. The third-order valence-electron chi connectivity index (χ3n) is 3.84. The second-order valence-corrected chi connectivity index (χ2v) is 8.20. The van der Waals surface area contributed by atoms with Crippen molar-refractivity contribution in [3.63, 3.8) is 0 Å². The van der Waals surface area contributed by atoms with E-state index < -0.39 is 0 Å². The normalized spacial score (nSPS) is 22.3. The van der Waals surface area contributed by atoms with Gasteiger partial charge in [-0.15, -0.1) is 11.3 Å². The Hall–Kier alpha value is -1.44. The molecule has 1 N–H and O–H groups in total. The van der Waals surface area contributed by atoms with Crippen LogP contribution in [0.3, 0.4) is 0 Å².